The lowest BCUT2D eigenvalue weighted by molar-refractivity contribution is -0.139. The van der Waals surface area contributed by atoms with Crippen molar-refractivity contribution in [2.24, 2.45) is 0 Å². The summed E-state index contributed by atoms with van der Waals surface area (Å²) < 4.78 is 37.1. The molecule has 2 aromatic rings. The summed E-state index contributed by atoms with van der Waals surface area (Å²) in [6, 6.07) is 4.67. The molecule has 74 valence electrons. The fourth-order valence-corrected chi connectivity index (χ4v) is 1.34. The van der Waals surface area contributed by atoms with Gasteiger partial charge in [-0.15, -0.1) is 0 Å². The van der Waals surface area contributed by atoms with E-state index >= 15 is 0 Å². The minimum absolute atomic E-state index is 0.114. The van der Waals surface area contributed by atoms with Crippen molar-refractivity contribution in [2.75, 3.05) is 0 Å². The van der Waals surface area contributed by atoms with Crippen LogP contribution in [0.15, 0.2) is 18.2 Å². The van der Waals surface area contributed by atoms with Crippen LogP contribution in [0.4, 0.5) is 13.2 Å². The van der Waals surface area contributed by atoms with Gasteiger partial charge in [0.05, 0.1) is 5.52 Å². The first-order chi connectivity index (χ1) is 6.48. The van der Waals surface area contributed by atoms with Gasteiger partial charge in [0.15, 0.2) is 0 Å². The Morgan fingerprint density at radius 1 is 1.29 bits per heavy atom. The highest BCUT2D eigenvalue weighted by molar-refractivity contribution is 5.82. The molecule has 14 heavy (non-hydrogen) atoms. The largest absolute Gasteiger partial charge is 0.433 e. The molecule has 0 fully saturated rings. The Labute approximate surface area is 77.7 Å². The maximum absolute atomic E-state index is 12.4. The third kappa shape index (κ3) is 1.34. The molecule has 0 bridgehead atoms. The van der Waals surface area contributed by atoms with Crippen molar-refractivity contribution in [3.63, 3.8) is 0 Å². The number of aryl methyl sites for hydroxylation is 1. The topological polar surface area (TPSA) is 28.7 Å². The lowest BCUT2D eigenvalue weighted by Gasteiger charge is -2.02. The van der Waals surface area contributed by atoms with Gasteiger partial charge >= 0.3 is 6.18 Å². The smallest absolute Gasteiger partial charge is 0.272 e. The molecule has 5 heteroatoms. The van der Waals surface area contributed by atoms with Crippen LogP contribution >= 0.6 is 0 Å². The van der Waals surface area contributed by atoms with Crippen molar-refractivity contribution in [3.8, 4) is 0 Å². The Bertz CT molecular complexity index is 470. The van der Waals surface area contributed by atoms with Gasteiger partial charge in [0.25, 0.3) is 0 Å². The van der Waals surface area contributed by atoms with Crippen molar-refractivity contribution >= 4 is 10.9 Å². The van der Waals surface area contributed by atoms with Crippen LogP contribution in [0.5, 0.6) is 0 Å². The zero-order chi connectivity index (χ0) is 10.3. The molecule has 1 aromatic carbocycles. The van der Waals surface area contributed by atoms with Gasteiger partial charge in [-0.05, 0) is 18.6 Å². The Hall–Kier alpha value is -1.52. The number of hydrogen-bond donors (Lipinski definition) is 1. The normalized spacial score (nSPS) is 12.3. The molecule has 1 aromatic heterocycles. The second-order valence-corrected chi connectivity index (χ2v) is 3.12. The number of H-pyrrole nitrogens is 1. The van der Waals surface area contributed by atoms with Crippen LogP contribution in [-0.4, -0.2) is 10.2 Å². The zero-order valence-corrected chi connectivity index (χ0v) is 7.31. The second-order valence-electron chi connectivity index (χ2n) is 3.12. The average molecular weight is 200 g/mol. The van der Waals surface area contributed by atoms with Gasteiger partial charge < -0.3 is 0 Å². The summed E-state index contributed by atoms with van der Waals surface area (Å²) in [7, 11) is 0. The van der Waals surface area contributed by atoms with Gasteiger partial charge in [-0.3, -0.25) is 5.10 Å². The lowest BCUT2D eigenvalue weighted by Crippen LogP contribution is -2.05. The number of alkyl halides is 3. The number of nitrogens with zero attached hydrogens (tertiary/aromatic N) is 1. The van der Waals surface area contributed by atoms with Crippen molar-refractivity contribution in [1.82, 2.24) is 10.2 Å². The molecule has 2 nitrogen and oxygen atoms in total. The number of aromatic amines is 1. The highest BCUT2D eigenvalue weighted by atomic mass is 19.4. The maximum Gasteiger partial charge on any atom is 0.433 e. The monoisotopic (exact) mass is 200 g/mol. The molecular formula is C9H7F3N2. The van der Waals surface area contributed by atoms with Crippen LogP contribution in [0.3, 0.4) is 0 Å². The molecule has 0 saturated carbocycles. The highest BCUT2D eigenvalue weighted by Gasteiger charge is 2.34. The van der Waals surface area contributed by atoms with Crippen LogP contribution in [0, 0.1) is 6.92 Å². The quantitative estimate of drug-likeness (QED) is 0.695. The van der Waals surface area contributed by atoms with E-state index in [1.165, 1.54) is 6.07 Å². The van der Waals surface area contributed by atoms with E-state index in [4.69, 9.17) is 0 Å². The van der Waals surface area contributed by atoms with Gasteiger partial charge in [0.2, 0.25) is 0 Å². The van der Waals surface area contributed by atoms with Gasteiger partial charge in [-0.1, -0.05) is 12.1 Å². The van der Waals surface area contributed by atoms with E-state index in [9.17, 15) is 13.2 Å². The molecule has 0 amide bonds. The minimum atomic E-state index is -4.37. The van der Waals surface area contributed by atoms with Gasteiger partial charge in [-0.2, -0.15) is 18.3 Å². The summed E-state index contributed by atoms with van der Waals surface area (Å²) in [5.74, 6) is 0. The van der Waals surface area contributed by atoms with Crippen LogP contribution in [0.25, 0.3) is 10.9 Å². The second kappa shape index (κ2) is 2.73. The molecule has 0 radical (unpaired) electrons. The number of hydrogen-bond acceptors (Lipinski definition) is 1. The first-order valence-electron chi connectivity index (χ1n) is 4.00. The average Bonchev–Trinajstić information content (AvgIpc) is 2.45. The summed E-state index contributed by atoms with van der Waals surface area (Å²) in [5.41, 5.74) is 0.447. The first kappa shape index (κ1) is 9.05. The fraction of sp³-hybridized carbons (Fsp3) is 0.222. The van der Waals surface area contributed by atoms with E-state index < -0.39 is 11.9 Å². The number of nitrogens with one attached hydrogen (secondary N) is 1. The standard InChI is InChI=1S/C9H7F3N2/c1-5-2-3-6-7(4-5)13-14-8(6)9(10,11)12/h2-4H,1H3,(H,13,14). The predicted octanol–water partition coefficient (Wildman–Crippen LogP) is 2.89. The molecule has 0 aliphatic carbocycles. The molecule has 0 atom stereocenters. The third-order valence-corrected chi connectivity index (χ3v) is 1.99. The van der Waals surface area contributed by atoms with E-state index in [1.54, 1.807) is 19.1 Å². The SMILES string of the molecule is Cc1ccc2c(C(F)(F)F)[nH]nc2c1. The third-order valence-electron chi connectivity index (χ3n) is 1.99. The van der Waals surface area contributed by atoms with Crippen molar-refractivity contribution < 1.29 is 13.2 Å². The van der Waals surface area contributed by atoms with Gasteiger partial charge in [0, 0.05) is 5.39 Å². The lowest BCUT2D eigenvalue weighted by atomic mass is 10.1. The minimum Gasteiger partial charge on any atom is -0.272 e. The molecule has 0 saturated heterocycles. The van der Waals surface area contributed by atoms with Gasteiger partial charge in [-0.25, -0.2) is 0 Å². The number of aromatic nitrogens is 2. The molecule has 0 aliphatic rings. The van der Waals surface area contributed by atoms with Crippen LogP contribution in [0.2, 0.25) is 0 Å². The molecule has 0 spiro atoms. The van der Waals surface area contributed by atoms with E-state index in [-0.39, 0.29) is 5.39 Å². The summed E-state index contributed by atoms with van der Waals surface area (Å²) in [6.45, 7) is 1.81. The Balaban J connectivity index is 2.70. The molecule has 0 aliphatic heterocycles. The molecular weight excluding hydrogens is 193 g/mol. The summed E-state index contributed by atoms with van der Waals surface area (Å²) in [5, 5.41) is 5.72. The van der Waals surface area contributed by atoms with Crippen LogP contribution < -0.4 is 0 Å². The van der Waals surface area contributed by atoms with Crippen molar-refractivity contribution in [2.45, 2.75) is 13.1 Å². The highest BCUT2D eigenvalue weighted by Crippen LogP contribution is 2.32. The first-order valence-corrected chi connectivity index (χ1v) is 4.00. The Morgan fingerprint density at radius 3 is 2.64 bits per heavy atom. The molecule has 1 N–H and O–H groups in total. The number of rotatable bonds is 0. The summed E-state index contributed by atoms with van der Waals surface area (Å²) >= 11 is 0. The Kier molecular flexibility index (Phi) is 1.77. The number of benzene rings is 1. The zero-order valence-electron chi connectivity index (χ0n) is 7.31. The van der Waals surface area contributed by atoms with Gasteiger partial charge in [0.1, 0.15) is 5.69 Å². The Morgan fingerprint density at radius 2 is 2.00 bits per heavy atom. The van der Waals surface area contributed by atoms with E-state index in [0.717, 1.165) is 5.56 Å². The van der Waals surface area contributed by atoms with Crippen LogP contribution in [-0.2, 0) is 6.18 Å². The van der Waals surface area contributed by atoms with Crippen molar-refractivity contribution in [1.29, 1.82) is 0 Å². The van der Waals surface area contributed by atoms with E-state index in [2.05, 4.69) is 5.10 Å². The maximum atomic E-state index is 12.4. The molecule has 0 unspecified atom stereocenters. The van der Waals surface area contributed by atoms with E-state index in [0.29, 0.717) is 5.52 Å². The van der Waals surface area contributed by atoms with Crippen molar-refractivity contribution in [3.05, 3.63) is 29.5 Å². The number of halogens is 3. The van der Waals surface area contributed by atoms with Crippen LogP contribution in [0.1, 0.15) is 11.3 Å². The van der Waals surface area contributed by atoms with E-state index in [1.807, 2.05) is 5.10 Å². The summed E-state index contributed by atoms with van der Waals surface area (Å²) in [6.07, 6.45) is -4.37. The summed E-state index contributed by atoms with van der Waals surface area (Å²) in [4.78, 5) is 0. The number of fused-ring (bicyclic) bond motifs is 1. The predicted molar refractivity (Wildman–Crippen MR) is 45.8 cm³/mol. The molecule has 2 rings (SSSR count). The fourth-order valence-electron chi connectivity index (χ4n) is 1.34. The molecule has 1 heterocycles.